The normalized spacial score (nSPS) is 10.8. The van der Waals surface area contributed by atoms with Crippen LogP contribution in [0.5, 0.6) is 0 Å². The van der Waals surface area contributed by atoms with Crippen LogP contribution in [0.25, 0.3) is 6.08 Å². The van der Waals surface area contributed by atoms with E-state index in [0.717, 1.165) is 11.3 Å². The summed E-state index contributed by atoms with van der Waals surface area (Å²) in [4.78, 5) is 3.05. The maximum Gasteiger partial charge on any atom is 0.0189 e. The molecule has 48 valence electrons. The molecule has 0 atom stereocenters. The molecule has 0 fully saturated rings. The molecule has 0 saturated carbocycles. The summed E-state index contributed by atoms with van der Waals surface area (Å²) in [6, 6.07) is 1.98. The SMILES string of the molecule is Cc1[nH]ccc1/C=C\N. The summed E-state index contributed by atoms with van der Waals surface area (Å²) in [7, 11) is 0. The van der Waals surface area contributed by atoms with Gasteiger partial charge in [0.05, 0.1) is 0 Å². The lowest BCUT2D eigenvalue weighted by molar-refractivity contribution is 1.26. The van der Waals surface area contributed by atoms with E-state index in [0.29, 0.717) is 0 Å². The quantitative estimate of drug-likeness (QED) is 0.578. The molecule has 1 rings (SSSR count). The molecule has 0 saturated heterocycles. The summed E-state index contributed by atoms with van der Waals surface area (Å²) in [5.74, 6) is 0. The van der Waals surface area contributed by atoms with Crippen molar-refractivity contribution in [2.75, 3.05) is 0 Å². The van der Waals surface area contributed by atoms with Crippen LogP contribution < -0.4 is 5.73 Å². The second-order valence-electron chi connectivity index (χ2n) is 1.92. The third-order valence-electron chi connectivity index (χ3n) is 1.27. The average molecular weight is 122 g/mol. The van der Waals surface area contributed by atoms with Crippen LogP contribution in [0.1, 0.15) is 11.3 Å². The summed E-state index contributed by atoms with van der Waals surface area (Å²) in [5.41, 5.74) is 7.49. The highest BCUT2D eigenvalue weighted by molar-refractivity contribution is 5.50. The minimum atomic E-state index is 1.15. The van der Waals surface area contributed by atoms with Crippen molar-refractivity contribution in [1.29, 1.82) is 0 Å². The Morgan fingerprint density at radius 1 is 1.67 bits per heavy atom. The highest BCUT2D eigenvalue weighted by Crippen LogP contribution is 2.05. The summed E-state index contributed by atoms with van der Waals surface area (Å²) in [6.07, 6.45) is 5.30. The summed E-state index contributed by atoms with van der Waals surface area (Å²) < 4.78 is 0. The topological polar surface area (TPSA) is 41.8 Å². The van der Waals surface area contributed by atoms with Crippen LogP contribution in [0.15, 0.2) is 18.5 Å². The van der Waals surface area contributed by atoms with E-state index in [-0.39, 0.29) is 0 Å². The Morgan fingerprint density at radius 3 is 2.89 bits per heavy atom. The van der Waals surface area contributed by atoms with Gasteiger partial charge in [-0.15, -0.1) is 0 Å². The molecule has 9 heavy (non-hydrogen) atoms. The second kappa shape index (κ2) is 2.40. The van der Waals surface area contributed by atoms with Crippen molar-refractivity contribution in [2.45, 2.75) is 6.92 Å². The molecule has 0 radical (unpaired) electrons. The molecule has 0 unspecified atom stereocenters. The molecule has 0 aliphatic rings. The van der Waals surface area contributed by atoms with Gasteiger partial charge in [-0.05, 0) is 30.8 Å². The lowest BCUT2D eigenvalue weighted by Gasteiger charge is -1.85. The molecule has 0 aromatic carbocycles. The number of nitrogens with one attached hydrogen (secondary N) is 1. The van der Waals surface area contributed by atoms with E-state index in [1.807, 2.05) is 25.3 Å². The molecule has 0 bridgehead atoms. The molecule has 0 aliphatic carbocycles. The van der Waals surface area contributed by atoms with Crippen LogP contribution in [0.2, 0.25) is 0 Å². The van der Waals surface area contributed by atoms with Gasteiger partial charge in [0, 0.05) is 11.9 Å². The van der Waals surface area contributed by atoms with Gasteiger partial charge in [0.1, 0.15) is 0 Å². The van der Waals surface area contributed by atoms with Crippen molar-refractivity contribution in [2.24, 2.45) is 5.73 Å². The van der Waals surface area contributed by atoms with E-state index in [1.165, 1.54) is 6.20 Å². The fourth-order valence-corrected chi connectivity index (χ4v) is 0.749. The first-order chi connectivity index (χ1) is 4.34. The molecule has 0 aliphatic heterocycles. The fourth-order valence-electron chi connectivity index (χ4n) is 0.749. The standard InChI is InChI=1S/C7H10N2/c1-6-7(2-4-8)3-5-9-6/h2-5,9H,8H2,1H3/b4-2-. The zero-order valence-electron chi connectivity index (χ0n) is 5.39. The highest BCUT2D eigenvalue weighted by atomic mass is 14.7. The van der Waals surface area contributed by atoms with Crippen LogP contribution in [-0.2, 0) is 0 Å². The largest absolute Gasteiger partial charge is 0.405 e. The van der Waals surface area contributed by atoms with Gasteiger partial charge in [-0.25, -0.2) is 0 Å². The van der Waals surface area contributed by atoms with Gasteiger partial charge in [0.2, 0.25) is 0 Å². The summed E-state index contributed by atoms with van der Waals surface area (Å²) in [6.45, 7) is 2.01. The summed E-state index contributed by atoms with van der Waals surface area (Å²) in [5, 5.41) is 0. The van der Waals surface area contributed by atoms with Gasteiger partial charge in [-0.1, -0.05) is 0 Å². The van der Waals surface area contributed by atoms with Gasteiger partial charge in [0.25, 0.3) is 0 Å². The van der Waals surface area contributed by atoms with E-state index < -0.39 is 0 Å². The van der Waals surface area contributed by atoms with Crippen molar-refractivity contribution < 1.29 is 0 Å². The van der Waals surface area contributed by atoms with E-state index in [2.05, 4.69) is 4.98 Å². The van der Waals surface area contributed by atoms with E-state index in [4.69, 9.17) is 5.73 Å². The van der Waals surface area contributed by atoms with Crippen molar-refractivity contribution in [1.82, 2.24) is 4.98 Å². The van der Waals surface area contributed by atoms with Gasteiger partial charge in [0.15, 0.2) is 0 Å². The molecule has 1 aromatic rings. The molecule has 2 heteroatoms. The number of aromatic nitrogens is 1. The van der Waals surface area contributed by atoms with Crippen molar-refractivity contribution in [3.8, 4) is 0 Å². The first-order valence-electron chi connectivity index (χ1n) is 2.87. The maximum atomic E-state index is 5.19. The van der Waals surface area contributed by atoms with Crippen LogP contribution in [0, 0.1) is 6.92 Å². The first kappa shape index (κ1) is 5.95. The highest BCUT2D eigenvalue weighted by Gasteiger charge is 1.89. The molecular formula is C7H10N2. The molecule has 2 nitrogen and oxygen atoms in total. The maximum absolute atomic E-state index is 5.19. The van der Waals surface area contributed by atoms with E-state index >= 15 is 0 Å². The van der Waals surface area contributed by atoms with Crippen molar-refractivity contribution in [3.05, 3.63) is 29.7 Å². The second-order valence-corrected chi connectivity index (χ2v) is 1.92. The van der Waals surface area contributed by atoms with Gasteiger partial charge < -0.3 is 10.7 Å². The van der Waals surface area contributed by atoms with E-state index in [1.54, 1.807) is 0 Å². The average Bonchev–Trinajstić information content (AvgIpc) is 2.18. The Bertz CT molecular complexity index is 210. The Balaban J connectivity index is 2.94. The summed E-state index contributed by atoms with van der Waals surface area (Å²) >= 11 is 0. The van der Waals surface area contributed by atoms with Crippen molar-refractivity contribution >= 4 is 6.08 Å². The number of nitrogens with two attached hydrogens (primary N) is 1. The third-order valence-corrected chi connectivity index (χ3v) is 1.27. The van der Waals surface area contributed by atoms with Crippen LogP contribution in [0.4, 0.5) is 0 Å². The number of rotatable bonds is 1. The Labute approximate surface area is 54.4 Å². The number of hydrogen-bond acceptors (Lipinski definition) is 1. The Hall–Kier alpha value is -1.18. The molecule has 3 N–H and O–H groups in total. The van der Waals surface area contributed by atoms with E-state index in [9.17, 15) is 0 Å². The molecular weight excluding hydrogens is 112 g/mol. The van der Waals surface area contributed by atoms with Crippen molar-refractivity contribution in [3.63, 3.8) is 0 Å². The predicted molar refractivity (Wildman–Crippen MR) is 38.8 cm³/mol. The fraction of sp³-hybridized carbons (Fsp3) is 0.143. The van der Waals surface area contributed by atoms with Gasteiger partial charge >= 0.3 is 0 Å². The van der Waals surface area contributed by atoms with Gasteiger partial charge in [-0.3, -0.25) is 0 Å². The minimum Gasteiger partial charge on any atom is -0.405 e. The lowest BCUT2D eigenvalue weighted by Crippen LogP contribution is -1.77. The number of aryl methyl sites for hydroxylation is 1. The first-order valence-corrected chi connectivity index (χ1v) is 2.87. The zero-order valence-corrected chi connectivity index (χ0v) is 5.39. The van der Waals surface area contributed by atoms with Crippen LogP contribution in [0.3, 0.4) is 0 Å². The molecule has 0 spiro atoms. The van der Waals surface area contributed by atoms with Crippen LogP contribution >= 0.6 is 0 Å². The third kappa shape index (κ3) is 1.13. The monoisotopic (exact) mass is 122 g/mol. The Morgan fingerprint density at radius 2 is 2.44 bits per heavy atom. The predicted octanol–water partition coefficient (Wildman–Crippen LogP) is 1.25. The number of aromatic amines is 1. The van der Waals surface area contributed by atoms with Gasteiger partial charge in [-0.2, -0.15) is 0 Å². The molecule has 1 heterocycles. The number of hydrogen-bond donors (Lipinski definition) is 2. The lowest BCUT2D eigenvalue weighted by atomic mass is 10.2. The van der Waals surface area contributed by atoms with Crippen LogP contribution in [-0.4, -0.2) is 4.98 Å². The zero-order chi connectivity index (χ0) is 6.69. The minimum absolute atomic E-state index is 1.15. The molecule has 0 amide bonds. The number of H-pyrrole nitrogens is 1. The Kier molecular flexibility index (Phi) is 1.58. The smallest absolute Gasteiger partial charge is 0.0189 e. The molecule has 1 aromatic heterocycles.